The molecule has 0 heterocycles. The standard InChI is InChI=1S/C19H23NO4/c1-23-17-11-15(13-20-10-6-9-19(21)22)16(12-18(17)24-2)14-7-4-3-5-8-14/h3-5,7-8,11-12,20H,6,9-10,13H2,1-2H3,(H,21,22). The van der Waals surface area contributed by atoms with Crippen molar-refractivity contribution < 1.29 is 19.4 Å². The minimum absolute atomic E-state index is 0.171. The Hall–Kier alpha value is -2.53. The number of carbonyl (C=O) groups is 1. The molecule has 0 aromatic heterocycles. The van der Waals surface area contributed by atoms with Crippen molar-refractivity contribution in [3.8, 4) is 22.6 Å². The molecule has 0 aliphatic rings. The highest BCUT2D eigenvalue weighted by atomic mass is 16.5. The summed E-state index contributed by atoms with van der Waals surface area (Å²) in [4.78, 5) is 10.6. The number of hydrogen-bond donors (Lipinski definition) is 2. The molecule has 128 valence electrons. The maximum atomic E-state index is 10.6. The third-order valence-electron chi connectivity index (χ3n) is 3.75. The van der Waals surface area contributed by atoms with Crippen LogP contribution in [0.2, 0.25) is 0 Å². The van der Waals surface area contributed by atoms with Crippen molar-refractivity contribution in [1.29, 1.82) is 0 Å². The van der Waals surface area contributed by atoms with Crippen molar-refractivity contribution in [2.45, 2.75) is 19.4 Å². The van der Waals surface area contributed by atoms with Crippen LogP contribution < -0.4 is 14.8 Å². The molecule has 0 spiro atoms. The van der Waals surface area contributed by atoms with Crippen LogP contribution in [0.5, 0.6) is 11.5 Å². The highest BCUT2D eigenvalue weighted by Crippen LogP contribution is 2.35. The van der Waals surface area contributed by atoms with Gasteiger partial charge in [0.15, 0.2) is 11.5 Å². The second kappa shape index (κ2) is 8.93. The van der Waals surface area contributed by atoms with Crippen LogP contribution in [0.1, 0.15) is 18.4 Å². The lowest BCUT2D eigenvalue weighted by Crippen LogP contribution is -2.16. The Morgan fingerprint density at radius 2 is 1.75 bits per heavy atom. The molecule has 5 heteroatoms. The van der Waals surface area contributed by atoms with Crippen LogP contribution in [0, 0.1) is 0 Å². The van der Waals surface area contributed by atoms with Crippen molar-refractivity contribution in [2.75, 3.05) is 20.8 Å². The Morgan fingerprint density at radius 3 is 2.38 bits per heavy atom. The summed E-state index contributed by atoms with van der Waals surface area (Å²) >= 11 is 0. The van der Waals surface area contributed by atoms with Crippen LogP contribution in [-0.4, -0.2) is 31.8 Å². The molecule has 2 N–H and O–H groups in total. The fourth-order valence-electron chi connectivity index (χ4n) is 2.54. The monoisotopic (exact) mass is 329 g/mol. The molecule has 0 radical (unpaired) electrons. The van der Waals surface area contributed by atoms with E-state index in [2.05, 4.69) is 17.4 Å². The van der Waals surface area contributed by atoms with E-state index >= 15 is 0 Å². The van der Waals surface area contributed by atoms with Gasteiger partial charge in [0.1, 0.15) is 0 Å². The summed E-state index contributed by atoms with van der Waals surface area (Å²) in [5.74, 6) is 0.596. The second-order valence-electron chi connectivity index (χ2n) is 5.40. The van der Waals surface area contributed by atoms with Gasteiger partial charge in [-0.05, 0) is 41.8 Å². The zero-order chi connectivity index (χ0) is 17.4. The number of ether oxygens (including phenoxy) is 2. The van der Waals surface area contributed by atoms with E-state index in [9.17, 15) is 4.79 Å². The molecule has 0 fully saturated rings. The lowest BCUT2D eigenvalue weighted by molar-refractivity contribution is -0.137. The summed E-state index contributed by atoms with van der Waals surface area (Å²) in [7, 11) is 3.24. The molecule has 24 heavy (non-hydrogen) atoms. The molecule has 2 aromatic rings. The number of rotatable bonds is 9. The van der Waals surface area contributed by atoms with Gasteiger partial charge in [0, 0.05) is 13.0 Å². The summed E-state index contributed by atoms with van der Waals surface area (Å²) < 4.78 is 10.8. The molecule has 2 rings (SSSR count). The average molecular weight is 329 g/mol. The highest BCUT2D eigenvalue weighted by molar-refractivity contribution is 5.71. The summed E-state index contributed by atoms with van der Waals surface area (Å²) in [5, 5.41) is 12.0. The number of methoxy groups -OCH3 is 2. The molecule has 0 bridgehead atoms. The van der Waals surface area contributed by atoms with Crippen molar-refractivity contribution in [1.82, 2.24) is 5.32 Å². The lowest BCUT2D eigenvalue weighted by atomic mass is 9.98. The minimum Gasteiger partial charge on any atom is -0.493 e. The SMILES string of the molecule is COc1cc(CNCCCC(=O)O)c(-c2ccccc2)cc1OC. The van der Waals surface area contributed by atoms with Crippen LogP contribution in [0.15, 0.2) is 42.5 Å². The first-order valence-corrected chi connectivity index (χ1v) is 7.88. The van der Waals surface area contributed by atoms with Crippen LogP contribution in [0.25, 0.3) is 11.1 Å². The van der Waals surface area contributed by atoms with Gasteiger partial charge in [-0.15, -0.1) is 0 Å². The van der Waals surface area contributed by atoms with E-state index in [1.807, 2.05) is 30.3 Å². The van der Waals surface area contributed by atoms with Gasteiger partial charge in [-0.1, -0.05) is 30.3 Å². The van der Waals surface area contributed by atoms with E-state index < -0.39 is 5.97 Å². The average Bonchev–Trinajstić information content (AvgIpc) is 2.61. The number of aliphatic carboxylic acids is 1. The van der Waals surface area contributed by atoms with Gasteiger partial charge >= 0.3 is 5.97 Å². The smallest absolute Gasteiger partial charge is 0.303 e. The summed E-state index contributed by atoms with van der Waals surface area (Å²) in [6.07, 6.45) is 0.772. The van der Waals surface area contributed by atoms with Crippen molar-refractivity contribution >= 4 is 5.97 Å². The predicted molar refractivity (Wildman–Crippen MR) is 93.6 cm³/mol. The maximum absolute atomic E-state index is 10.6. The van der Waals surface area contributed by atoms with E-state index in [1.165, 1.54) is 0 Å². The van der Waals surface area contributed by atoms with Gasteiger partial charge in [-0.25, -0.2) is 0 Å². The Bertz CT molecular complexity index is 671. The quantitative estimate of drug-likeness (QED) is 0.691. The number of hydrogen-bond acceptors (Lipinski definition) is 4. The molecular formula is C19H23NO4. The van der Waals surface area contributed by atoms with Gasteiger partial charge in [0.2, 0.25) is 0 Å². The zero-order valence-corrected chi connectivity index (χ0v) is 14.0. The number of benzene rings is 2. The van der Waals surface area contributed by atoms with E-state index in [1.54, 1.807) is 14.2 Å². The van der Waals surface area contributed by atoms with Crippen molar-refractivity contribution in [3.05, 3.63) is 48.0 Å². The minimum atomic E-state index is -0.770. The normalized spacial score (nSPS) is 10.4. The van der Waals surface area contributed by atoms with E-state index in [0.29, 0.717) is 31.0 Å². The van der Waals surface area contributed by atoms with Gasteiger partial charge in [0.05, 0.1) is 14.2 Å². The number of carboxylic acids is 1. The van der Waals surface area contributed by atoms with Gasteiger partial charge < -0.3 is 19.9 Å². The predicted octanol–water partition coefficient (Wildman–Crippen LogP) is 3.33. The summed E-state index contributed by atoms with van der Waals surface area (Å²) in [5.41, 5.74) is 3.24. The molecule has 5 nitrogen and oxygen atoms in total. The van der Waals surface area contributed by atoms with E-state index in [-0.39, 0.29) is 6.42 Å². The molecule has 0 saturated heterocycles. The third kappa shape index (κ3) is 4.73. The van der Waals surface area contributed by atoms with Crippen LogP contribution in [0.4, 0.5) is 0 Å². The zero-order valence-electron chi connectivity index (χ0n) is 14.0. The van der Waals surface area contributed by atoms with Crippen LogP contribution >= 0.6 is 0 Å². The molecule has 0 aliphatic carbocycles. The van der Waals surface area contributed by atoms with Crippen molar-refractivity contribution in [3.63, 3.8) is 0 Å². The third-order valence-corrected chi connectivity index (χ3v) is 3.75. The van der Waals surface area contributed by atoms with Gasteiger partial charge in [0.25, 0.3) is 0 Å². The first-order chi connectivity index (χ1) is 11.7. The molecule has 0 saturated carbocycles. The lowest BCUT2D eigenvalue weighted by Gasteiger charge is -2.16. The fourth-order valence-corrected chi connectivity index (χ4v) is 2.54. The van der Waals surface area contributed by atoms with E-state index in [4.69, 9.17) is 14.6 Å². The maximum Gasteiger partial charge on any atom is 0.303 e. The first-order valence-electron chi connectivity index (χ1n) is 7.88. The Balaban J connectivity index is 2.22. The molecule has 0 atom stereocenters. The Morgan fingerprint density at radius 1 is 1.08 bits per heavy atom. The van der Waals surface area contributed by atoms with Crippen molar-refractivity contribution in [2.24, 2.45) is 0 Å². The fraction of sp³-hybridized carbons (Fsp3) is 0.316. The highest BCUT2D eigenvalue weighted by Gasteiger charge is 2.12. The largest absolute Gasteiger partial charge is 0.493 e. The van der Waals surface area contributed by atoms with E-state index in [0.717, 1.165) is 16.7 Å². The number of carboxylic acid groups (broad SMARTS) is 1. The molecule has 0 unspecified atom stereocenters. The molecule has 0 aliphatic heterocycles. The molecule has 2 aromatic carbocycles. The Labute approximate surface area is 142 Å². The molecular weight excluding hydrogens is 306 g/mol. The van der Waals surface area contributed by atoms with Gasteiger partial charge in [-0.2, -0.15) is 0 Å². The Kier molecular flexibility index (Phi) is 6.63. The van der Waals surface area contributed by atoms with Crippen LogP contribution in [-0.2, 0) is 11.3 Å². The molecule has 0 amide bonds. The second-order valence-corrected chi connectivity index (χ2v) is 5.40. The topological polar surface area (TPSA) is 67.8 Å². The summed E-state index contributed by atoms with van der Waals surface area (Å²) in [6, 6.07) is 14.0. The summed E-state index contributed by atoms with van der Waals surface area (Å²) in [6.45, 7) is 1.28. The first kappa shape index (κ1) is 17.8. The number of nitrogens with one attached hydrogen (secondary N) is 1. The van der Waals surface area contributed by atoms with Gasteiger partial charge in [-0.3, -0.25) is 4.79 Å². The van der Waals surface area contributed by atoms with Crippen LogP contribution in [0.3, 0.4) is 0 Å².